The summed E-state index contributed by atoms with van der Waals surface area (Å²) in [4.78, 5) is 0. The van der Waals surface area contributed by atoms with Gasteiger partial charge in [-0.05, 0) is 103 Å². The number of hydrogen-bond donors (Lipinski definition) is 0. The van der Waals surface area contributed by atoms with Gasteiger partial charge in [0.15, 0.2) is 0 Å². The Morgan fingerprint density at radius 2 is 1.13 bits per heavy atom. The van der Waals surface area contributed by atoms with Crippen molar-refractivity contribution in [2.24, 2.45) is 0 Å². The van der Waals surface area contributed by atoms with Crippen molar-refractivity contribution in [2.75, 3.05) is 0 Å². The zero-order chi connectivity index (χ0) is 29.5. The van der Waals surface area contributed by atoms with Crippen LogP contribution in [0.25, 0.3) is 75.4 Å². The normalized spacial score (nSPS) is 13.4. The van der Waals surface area contributed by atoms with Gasteiger partial charge in [0.25, 0.3) is 0 Å². The molecule has 0 amide bonds. The summed E-state index contributed by atoms with van der Waals surface area (Å²) in [5.41, 5.74) is 11.8. The summed E-state index contributed by atoms with van der Waals surface area (Å²) >= 11 is 1.87. The van der Waals surface area contributed by atoms with Crippen LogP contribution >= 0.6 is 11.3 Å². The third kappa shape index (κ3) is 3.74. The molecule has 9 aromatic rings. The van der Waals surface area contributed by atoms with Crippen molar-refractivity contribution in [1.29, 1.82) is 0 Å². The Morgan fingerprint density at radius 1 is 0.422 bits per heavy atom. The van der Waals surface area contributed by atoms with E-state index in [0.29, 0.717) is 0 Å². The van der Waals surface area contributed by atoms with Crippen molar-refractivity contribution in [1.82, 2.24) is 9.13 Å². The minimum atomic E-state index is 1.14. The molecule has 0 N–H and O–H groups in total. The summed E-state index contributed by atoms with van der Waals surface area (Å²) in [7, 11) is 0. The highest BCUT2D eigenvalue weighted by Gasteiger charge is 2.22. The van der Waals surface area contributed by atoms with E-state index < -0.39 is 0 Å². The largest absolute Gasteiger partial charge is 0.313 e. The fourth-order valence-corrected chi connectivity index (χ4v) is 8.96. The molecule has 0 radical (unpaired) electrons. The molecular formula is C42H30N2S. The SMILES string of the molecule is c1ccc(-n2c3c(c4cc(-c5ccc6c7ccccc7n(-c7ccc8sc9ccccc9c8c7)c6c5)ccc42)CCCC3)cc1. The van der Waals surface area contributed by atoms with Crippen LogP contribution in [0.5, 0.6) is 0 Å². The van der Waals surface area contributed by atoms with Gasteiger partial charge >= 0.3 is 0 Å². The maximum atomic E-state index is 2.51. The molecule has 2 nitrogen and oxygen atoms in total. The molecule has 0 unspecified atom stereocenters. The summed E-state index contributed by atoms with van der Waals surface area (Å²) in [5.74, 6) is 0. The van der Waals surface area contributed by atoms with E-state index in [-0.39, 0.29) is 0 Å². The van der Waals surface area contributed by atoms with E-state index in [4.69, 9.17) is 0 Å². The first-order valence-electron chi connectivity index (χ1n) is 16.0. The van der Waals surface area contributed by atoms with Gasteiger partial charge < -0.3 is 9.13 Å². The fourth-order valence-electron chi connectivity index (χ4n) is 7.88. The Kier molecular flexibility index (Phi) is 5.43. The zero-order valence-electron chi connectivity index (χ0n) is 24.8. The van der Waals surface area contributed by atoms with E-state index in [2.05, 4.69) is 143 Å². The molecule has 0 saturated heterocycles. The van der Waals surface area contributed by atoms with Crippen molar-refractivity contribution in [2.45, 2.75) is 25.7 Å². The van der Waals surface area contributed by atoms with Crippen molar-refractivity contribution >= 4 is 64.2 Å². The number of benzene rings is 6. The average Bonchev–Trinajstić information content (AvgIpc) is 3.75. The second-order valence-electron chi connectivity index (χ2n) is 12.4. The number of para-hydroxylation sites is 2. The van der Waals surface area contributed by atoms with E-state index in [1.165, 1.54) is 99.5 Å². The van der Waals surface area contributed by atoms with E-state index in [9.17, 15) is 0 Å². The molecule has 3 heteroatoms. The molecule has 0 atom stereocenters. The van der Waals surface area contributed by atoms with Crippen LogP contribution in [0, 0.1) is 0 Å². The molecule has 3 aromatic heterocycles. The Hall–Kier alpha value is -5.12. The molecule has 45 heavy (non-hydrogen) atoms. The van der Waals surface area contributed by atoms with Gasteiger partial charge in [0.2, 0.25) is 0 Å². The number of aromatic nitrogens is 2. The van der Waals surface area contributed by atoms with Crippen molar-refractivity contribution in [3.05, 3.63) is 145 Å². The lowest BCUT2D eigenvalue weighted by Gasteiger charge is -2.16. The Labute approximate surface area is 265 Å². The molecule has 0 bridgehead atoms. The van der Waals surface area contributed by atoms with Gasteiger partial charge in [-0.2, -0.15) is 0 Å². The molecular weight excluding hydrogens is 565 g/mol. The molecule has 0 spiro atoms. The van der Waals surface area contributed by atoms with Crippen LogP contribution in [0.4, 0.5) is 0 Å². The van der Waals surface area contributed by atoms with Gasteiger partial charge in [-0.3, -0.25) is 0 Å². The Bertz CT molecular complexity index is 2600. The van der Waals surface area contributed by atoms with Crippen molar-refractivity contribution in [3.8, 4) is 22.5 Å². The number of aryl methyl sites for hydroxylation is 1. The molecule has 0 aliphatic heterocycles. The summed E-state index contributed by atoms with van der Waals surface area (Å²) in [6, 6.07) is 49.7. The smallest absolute Gasteiger partial charge is 0.0547 e. The van der Waals surface area contributed by atoms with Crippen LogP contribution in [0.2, 0.25) is 0 Å². The molecule has 6 aromatic carbocycles. The quantitative estimate of drug-likeness (QED) is 0.193. The summed E-state index contributed by atoms with van der Waals surface area (Å²) < 4.78 is 7.65. The highest BCUT2D eigenvalue weighted by atomic mass is 32.1. The molecule has 1 aliphatic carbocycles. The summed E-state index contributed by atoms with van der Waals surface area (Å²) in [6.45, 7) is 0. The Morgan fingerprint density at radius 3 is 2.07 bits per heavy atom. The lowest BCUT2D eigenvalue weighted by molar-refractivity contribution is 0.667. The van der Waals surface area contributed by atoms with E-state index in [1.807, 2.05) is 11.3 Å². The number of thiophene rings is 1. The first kappa shape index (κ1) is 25.2. The van der Waals surface area contributed by atoms with Gasteiger partial charge in [-0.15, -0.1) is 11.3 Å². The predicted molar refractivity (Wildman–Crippen MR) is 193 cm³/mol. The van der Waals surface area contributed by atoms with Gasteiger partial charge in [-0.1, -0.05) is 72.8 Å². The summed E-state index contributed by atoms with van der Waals surface area (Å²) in [6.07, 6.45) is 4.82. The van der Waals surface area contributed by atoms with E-state index in [1.54, 1.807) is 0 Å². The molecule has 3 heterocycles. The van der Waals surface area contributed by atoms with Gasteiger partial charge in [0.1, 0.15) is 0 Å². The zero-order valence-corrected chi connectivity index (χ0v) is 25.6. The van der Waals surface area contributed by atoms with Crippen LogP contribution in [0.15, 0.2) is 133 Å². The molecule has 10 rings (SSSR count). The second-order valence-corrected chi connectivity index (χ2v) is 13.5. The van der Waals surface area contributed by atoms with Crippen LogP contribution in [-0.4, -0.2) is 9.13 Å². The number of nitrogens with zero attached hydrogens (tertiary/aromatic N) is 2. The first-order chi connectivity index (χ1) is 22.3. The summed E-state index contributed by atoms with van der Waals surface area (Å²) in [5, 5.41) is 6.65. The first-order valence-corrected chi connectivity index (χ1v) is 16.8. The number of rotatable bonds is 3. The minimum absolute atomic E-state index is 1.14. The third-order valence-electron chi connectivity index (χ3n) is 9.91. The maximum Gasteiger partial charge on any atom is 0.0547 e. The van der Waals surface area contributed by atoms with Gasteiger partial charge in [0.05, 0.1) is 16.6 Å². The van der Waals surface area contributed by atoms with Gasteiger partial charge in [-0.25, -0.2) is 0 Å². The molecule has 0 fully saturated rings. The van der Waals surface area contributed by atoms with E-state index >= 15 is 0 Å². The highest BCUT2D eigenvalue weighted by molar-refractivity contribution is 7.25. The van der Waals surface area contributed by atoms with Crippen molar-refractivity contribution in [3.63, 3.8) is 0 Å². The monoisotopic (exact) mass is 594 g/mol. The lowest BCUT2D eigenvalue weighted by atomic mass is 9.94. The number of hydrogen-bond acceptors (Lipinski definition) is 1. The molecule has 1 aliphatic rings. The van der Waals surface area contributed by atoms with Crippen LogP contribution in [0.3, 0.4) is 0 Å². The van der Waals surface area contributed by atoms with Crippen LogP contribution in [0.1, 0.15) is 24.1 Å². The number of fused-ring (bicyclic) bond motifs is 9. The Balaban J connectivity index is 1.19. The third-order valence-corrected chi connectivity index (χ3v) is 11.1. The van der Waals surface area contributed by atoms with Gasteiger partial charge in [0, 0.05) is 53.4 Å². The van der Waals surface area contributed by atoms with Crippen LogP contribution < -0.4 is 0 Å². The second kappa shape index (κ2) is 9.69. The maximum absolute atomic E-state index is 2.51. The standard InChI is InChI=1S/C42H30N2S/c1-2-10-29(11-3-1)43-38-16-8-5-13-32(38)35-24-27(19-22-39(35)43)28-18-21-33-31-12-4-7-15-37(31)44(40(33)25-28)30-20-23-42-36(26-30)34-14-6-9-17-41(34)45-42/h1-4,6-7,9-12,14-15,17-26H,5,8,13,16H2. The fraction of sp³-hybridized carbons (Fsp3) is 0.0952. The van der Waals surface area contributed by atoms with E-state index in [0.717, 1.165) is 12.8 Å². The highest BCUT2D eigenvalue weighted by Crippen LogP contribution is 2.40. The van der Waals surface area contributed by atoms with Crippen LogP contribution in [-0.2, 0) is 12.8 Å². The minimum Gasteiger partial charge on any atom is -0.313 e. The van der Waals surface area contributed by atoms with Crippen molar-refractivity contribution < 1.29 is 0 Å². The lowest BCUT2D eigenvalue weighted by Crippen LogP contribution is -2.06. The molecule has 0 saturated carbocycles. The predicted octanol–water partition coefficient (Wildman–Crippen LogP) is 11.6. The average molecular weight is 595 g/mol. The topological polar surface area (TPSA) is 9.86 Å². The molecule has 214 valence electrons.